The summed E-state index contributed by atoms with van der Waals surface area (Å²) in [7, 11) is 0. The summed E-state index contributed by atoms with van der Waals surface area (Å²) >= 11 is 4.70. The summed E-state index contributed by atoms with van der Waals surface area (Å²) < 4.78 is 2.67. The zero-order valence-corrected chi connectivity index (χ0v) is 14.3. The van der Waals surface area contributed by atoms with Crippen molar-refractivity contribution in [2.75, 3.05) is 5.32 Å². The first-order chi connectivity index (χ1) is 9.97. The first kappa shape index (κ1) is 16.0. The van der Waals surface area contributed by atoms with Crippen LogP contribution in [-0.2, 0) is 4.79 Å². The molecule has 2 rings (SSSR count). The number of halogens is 1. The second-order valence-electron chi connectivity index (χ2n) is 4.76. The van der Waals surface area contributed by atoms with E-state index in [-0.39, 0.29) is 17.2 Å². The van der Waals surface area contributed by atoms with Gasteiger partial charge in [0.25, 0.3) is 0 Å². The predicted octanol–water partition coefficient (Wildman–Crippen LogP) is 3.14. The number of nitrogens with zero attached hydrogens (tertiary/aromatic N) is 4. The van der Waals surface area contributed by atoms with Crippen LogP contribution in [0.4, 0.5) is 5.69 Å². The summed E-state index contributed by atoms with van der Waals surface area (Å²) in [5, 5.41) is 14.8. The van der Waals surface area contributed by atoms with Crippen molar-refractivity contribution in [1.82, 2.24) is 20.2 Å². The Labute approximate surface area is 135 Å². The minimum atomic E-state index is -0.294. The number of hydrogen-bond acceptors (Lipinski definition) is 5. The quantitative estimate of drug-likeness (QED) is 0.819. The highest BCUT2D eigenvalue weighted by molar-refractivity contribution is 9.10. The highest BCUT2D eigenvalue weighted by Gasteiger charge is 2.19. The zero-order valence-electron chi connectivity index (χ0n) is 11.9. The number of benzene rings is 1. The topological polar surface area (TPSA) is 72.7 Å². The molecule has 0 saturated carbocycles. The van der Waals surface area contributed by atoms with Crippen molar-refractivity contribution in [3.8, 4) is 0 Å². The molecule has 0 saturated heterocycles. The van der Waals surface area contributed by atoms with Gasteiger partial charge in [0.15, 0.2) is 0 Å². The number of anilines is 1. The molecule has 1 atom stereocenters. The molecule has 6 nitrogen and oxygen atoms in total. The van der Waals surface area contributed by atoms with E-state index in [1.165, 1.54) is 11.8 Å². The van der Waals surface area contributed by atoms with Crippen LogP contribution >= 0.6 is 27.7 Å². The maximum atomic E-state index is 12.2. The molecular weight excluding hydrogens is 354 g/mol. The second-order valence-corrected chi connectivity index (χ2v) is 6.98. The largest absolute Gasteiger partial charge is 0.325 e. The van der Waals surface area contributed by atoms with E-state index in [1.54, 1.807) is 4.68 Å². The van der Waals surface area contributed by atoms with Crippen molar-refractivity contribution in [2.45, 2.75) is 37.2 Å². The molecule has 1 aromatic carbocycles. The smallest absolute Gasteiger partial charge is 0.237 e. The third kappa shape index (κ3) is 4.28. The van der Waals surface area contributed by atoms with Crippen LogP contribution in [0.1, 0.15) is 26.8 Å². The molecule has 8 heteroatoms. The van der Waals surface area contributed by atoms with Crippen LogP contribution in [0.2, 0.25) is 0 Å². The molecule has 0 unspecified atom stereocenters. The van der Waals surface area contributed by atoms with Crippen LogP contribution < -0.4 is 5.32 Å². The number of rotatable bonds is 5. The van der Waals surface area contributed by atoms with E-state index >= 15 is 0 Å². The summed E-state index contributed by atoms with van der Waals surface area (Å²) in [5.74, 6) is -0.0828. The lowest BCUT2D eigenvalue weighted by molar-refractivity contribution is -0.115. The fourth-order valence-corrected chi connectivity index (χ4v) is 2.76. The molecule has 0 radical (unpaired) electrons. The molecule has 1 amide bonds. The molecule has 1 N–H and O–H groups in total. The third-order valence-electron chi connectivity index (χ3n) is 2.71. The van der Waals surface area contributed by atoms with Gasteiger partial charge in [0.1, 0.15) is 0 Å². The molecular formula is C13H16BrN5OS. The van der Waals surface area contributed by atoms with Crippen LogP contribution in [0, 0.1) is 0 Å². The van der Waals surface area contributed by atoms with Crippen LogP contribution in [0.5, 0.6) is 0 Å². The van der Waals surface area contributed by atoms with E-state index in [2.05, 4.69) is 36.8 Å². The minimum absolute atomic E-state index is 0.0828. The number of tetrazole rings is 1. The Bertz CT molecular complexity index is 613. The molecule has 112 valence electrons. The predicted molar refractivity (Wildman–Crippen MR) is 86.3 cm³/mol. The fourth-order valence-electron chi connectivity index (χ4n) is 1.58. The van der Waals surface area contributed by atoms with Crippen LogP contribution in [0.15, 0.2) is 33.9 Å². The molecule has 21 heavy (non-hydrogen) atoms. The summed E-state index contributed by atoms with van der Waals surface area (Å²) in [6.45, 7) is 5.82. The summed E-state index contributed by atoms with van der Waals surface area (Å²) in [6.07, 6.45) is 0. The summed E-state index contributed by atoms with van der Waals surface area (Å²) in [4.78, 5) is 12.2. The molecule has 0 bridgehead atoms. The van der Waals surface area contributed by atoms with Gasteiger partial charge in [-0.3, -0.25) is 4.79 Å². The zero-order chi connectivity index (χ0) is 15.4. The van der Waals surface area contributed by atoms with Crippen LogP contribution in [0.25, 0.3) is 0 Å². The van der Waals surface area contributed by atoms with E-state index in [4.69, 9.17) is 0 Å². The fraction of sp³-hybridized carbons (Fsp3) is 0.385. The third-order valence-corrected chi connectivity index (χ3v) is 4.29. The number of hydrogen-bond donors (Lipinski definition) is 1. The van der Waals surface area contributed by atoms with Crippen molar-refractivity contribution < 1.29 is 4.79 Å². The van der Waals surface area contributed by atoms with E-state index in [0.717, 1.165) is 10.2 Å². The number of thioether (sulfide) groups is 1. The van der Waals surface area contributed by atoms with Gasteiger partial charge < -0.3 is 5.32 Å². The Morgan fingerprint density at radius 3 is 2.57 bits per heavy atom. The molecule has 0 spiro atoms. The average Bonchev–Trinajstić information content (AvgIpc) is 2.89. The van der Waals surface area contributed by atoms with Gasteiger partial charge >= 0.3 is 0 Å². The van der Waals surface area contributed by atoms with Crippen LogP contribution in [0.3, 0.4) is 0 Å². The van der Waals surface area contributed by atoms with Crippen molar-refractivity contribution >= 4 is 39.3 Å². The van der Waals surface area contributed by atoms with E-state index in [9.17, 15) is 4.79 Å². The number of nitrogens with one attached hydrogen (secondary N) is 1. The van der Waals surface area contributed by atoms with Gasteiger partial charge in [0, 0.05) is 10.2 Å². The minimum Gasteiger partial charge on any atom is -0.325 e. The Hall–Kier alpha value is -1.41. The summed E-state index contributed by atoms with van der Waals surface area (Å²) in [5.41, 5.74) is 0.763. The Balaban J connectivity index is 1.99. The van der Waals surface area contributed by atoms with Gasteiger partial charge in [-0.25, -0.2) is 4.68 Å². The number of carbonyl (C=O) groups excluding carboxylic acids is 1. The monoisotopic (exact) mass is 369 g/mol. The lowest BCUT2D eigenvalue weighted by Gasteiger charge is -2.12. The van der Waals surface area contributed by atoms with E-state index in [1.807, 2.05) is 45.0 Å². The van der Waals surface area contributed by atoms with Gasteiger partial charge in [-0.15, -0.1) is 5.10 Å². The Morgan fingerprint density at radius 2 is 1.95 bits per heavy atom. The first-order valence-electron chi connectivity index (χ1n) is 6.48. The Morgan fingerprint density at radius 1 is 1.29 bits per heavy atom. The van der Waals surface area contributed by atoms with Gasteiger partial charge in [0.2, 0.25) is 11.1 Å². The number of carbonyl (C=O) groups is 1. The van der Waals surface area contributed by atoms with E-state index in [0.29, 0.717) is 5.16 Å². The van der Waals surface area contributed by atoms with Crippen LogP contribution in [-0.4, -0.2) is 31.4 Å². The van der Waals surface area contributed by atoms with E-state index < -0.39 is 0 Å². The molecule has 0 fully saturated rings. The molecule has 0 aliphatic rings. The molecule has 0 aliphatic carbocycles. The standard InChI is InChI=1S/C13H16BrN5OS/c1-8(2)19-13(16-17-18-19)21-9(3)12(20)15-11-6-4-10(14)5-7-11/h4-9H,1-3H3,(H,15,20)/t9-/m0/s1. The van der Waals surface area contributed by atoms with Crippen molar-refractivity contribution in [3.05, 3.63) is 28.7 Å². The maximum absolute atomic E-state index is 12.2. The molecule has 0 aliphatic heterocycles. The second kappa shape index (κ2) is 7.04. The summed E-state index contributed by atoms with van der Waals surface area (Å²) in [6, 6.07) is 7.61. The Kier molecular flexibility index (Phi) is 5.35. The molecule has 1 heterocycles. The maximum Gasteiger partial charge on any atom is 0.237 e. The SMILES string of the molecule is CC(C)n1nnnc1S[C@@H](C)C(=O)Nc1ccc(Br)cc1. The molecule has 1 aromatic heterocycles. The highest BCUT2D eigenvalue weighted by atomic mass is 79.9. The highest BCUT2D eigenvalue weighted by Crippen LogP contribution is 2.23. The number of aromatic nitrogens is 4. The number of amides is 1. The van der Waals surface area contributed by atoms with Crippen molar-refractivity contribution in [2.24, 2.45) is 0 Å². The molecule has 2 aromatic rings. The van der Waals surface area contributed by atoms with Crippen molar-refractivity contribution in [3.63, 3.8) is 0 Å². The lowest BCUT2D eigenvalue weighted by atomic mass is 10.3. The first-order valence-corrected chi connectivity index (χ1v) is 8.15. The lowest BCUT2D eigenvalue weighted by Crippen LogP contribution is -2.23. The van der Waals surface area contributed by atoms with Gasteiger partial charge in [-0.2, -0.15) is 0 Å². The van der Waals surface area contributed by atoms with Crippen molar-refractivity contribution in [1.29, 1.82) is 0 Å². The normalized spacial score (nSPS) is 12.4. The van der Waals surface area contributed by atoms with Gasteiger partial charge in [-0.1, -0.05) is 27.7 Å². The van der Waals surface area contributed by atoms with Gasteiger partial charge in [-0.05, 0) is 55.5 Å². The van der Waals surface area contributed by atoms with Gasteiger partial charge in [0.05, 0.1) is 11.3 Å². The average molecular weight is 370 g/mol.